The fourth-order valence-corrected chi connectivity index (χ4v) is 1.54. The Morgan fingerprint density at radius 3 is 2.63 bits per heavy atom. The van der Waals surface area contributed by atoms with Crippen LogP contribution in [0.2, 0.25) is 5.02 Å². The van der Waals surface area contributed by atoms with Crippen LogP contribution in [0, 0.1) is 15.5 Å². The minimum absolute atomic E-state index is 0.0250. The summed E-state index contributed by atoms with van der Waals surface area (Å²) in [5.41, 5.74) is -0.0462. The number of carbonyl (C=O) groups excluding carboxylic acids is 1. The van der Waals surface area contributed by atoms with Crippen LogP contribution in [0.25, 0.3) is 0 Å². The van der Waals surface area contributed by atoms with Crippen LogP contribution in [0.3, 0.4) is 0 Å². The van der Waals surface area contributed by atoms with Crippen molar-refractivity contribution in [3.8, 4) is 0 Å². The summed E-state index contributed by atoms with van der Waals surface area (Å²) in [4.78, 5) is 22.1. The van der Waals surface area contributed by atoms with E-state index < -0.39 is 10.8 Å². The third-order valence-electron chi connectivity index (χ3n) is 3.09. The van der Waals surface area contributed by atoms with E-state index in [0.717, 1.165) is 6.42 Å². The maximum Gasteiger partial charge on any atom is 0.270 e. The largest absolute Gasteiger partial charge is 0.351 e. The molecule has 0 unspecified atom stereocenters. The molecule has 0 atom stereocenters. The summed E-state index contributed by atoms with van der Waals surface area (Å²) in [6.45, 7) is 6.58. The average Bonchev–Trinajstić information content (AvgIpc) is 2.36. The molecular formula is C13H17ClN2O3. The van der Waals surface area contributed by atoms with E-state index in [1.54, 1.807) is 0 Å². The zero-order valence-corrected chi connectivity index (χ0v) is 12.0. The fraction of sp³-hybridized carbons (Fsp3) is 0.462. The van der Waals surface area contributed by atoms with Crippen molar-refractivity contribution in [3.05, 3.63) is 38.9 Å². The van der Waals surface area contributed by atoms with Crippen molar-refractivity contribution in [2.75, 3.05) is 6.54 Å². The van der Waals surface area contributed by atoms with Gasteiger partial charge < -0.3 is 5.32 Å². The molecule has 0 heterocycles. The Labute approximate surface area is 117 Å². The van der Waals surface area contributed by atoms with Crippen LogP contribution in [0.1, 0.15) is 37.6 Å². The van der Waals surface area contributed by atoms with Crippen molar-refractivity contribution in [1.82, 2.24) is 5.32 Å². The number of nitrogens with one attached hydrogen (secondary N) is 1. The van der Waals surface area contributed by atoms with E-state index in [0.29, 0.717) is 6.54 Å². The molecule has 1 N–H and O–H groups in total. The van der Waals surface area contributed by atoms with Crippen molar-refractivity contribution in [3.63, 3.8) is 0 Å². The van der Waals surface area contributed by atoms with Crippen molar-refractivity contribution >= 4 is 23.2 Å². The lowest BCUT2D eigenvalue weighted by molar-refractivity contribution is -0.384. The molecule has 104 valence electrons. The van der Waals surface area contributed by atoms with Crippen LogP contribution in [-0.2, 0) is 0 Å². The van der Waals surface area contributed by atoms with Gasteiger partial charge in [0.2, 0.25) is 0 Å². The van der Waals surface area contributed by atoms with Crippen LogP contribution in [0.4, 0.5) is 5.69 Å². The van der Waals surface area contributed by atoms with Crippen LogP contribution in [0.5, 0.6) is 0 Å². The number of nitro groups is 1. The Kier molecular flexibility index (Phi) is 4.89. The van der Waals surface area contributed by atoms with Crippen molar-refractivity contribution in [1.29, 1.82) is 0 Å². The first-order valence-electron chi connectivity index (χ1n) is 5.99. The molecule has 0 aliphatic heterocycles. The Hall–Kier alpha value is -1.62. The highest BCUT2D eigenvalue weighted by Gasteiger charge is 2.19. The van der Waals surface area contributed by atoms with Crippen molar-refractivity contribution in [2.45, 2.75) is 27.2 Å². The third-order valence-corrected chi connectivity index (χ3v) is 3.42. The van der Waals surface area contributed by atoms with Crippen molar-refractivity contribution in [2.24, 2.45) is 5.41 Å². The molecule has 0 saturated carbocycles. The Morgan fingerprint density at radius 1 is 1.47 bits per heavy atom. The lowest BCUT2D eigenvalue weighted by Crippen LogP contribution is -2.33. The Bertz CT molecular complexity index is 501. The van der Waals surface area contributed by atoms with E-state index in [-0.39, 0.29) is 21.7 Å². The number of rotatable bonds is 5. The summed E-state index contributed by atoms with van der Waals surface area (Å²) in [5, 5.41) is 13.6. The van der Waals surface area contributed by atoms with E-state index >= 15 is 0 Å². The molecule has 0 fully saturated rings. The molecule has 0 aromatic heterocycles. The van der Waals surface area contributed by atoms with E-state index in [9.17, 15) is 14.9 Å². The SMILES string of the molecule is CCC(C)(C)CNC(=O)c1cc([N+](=O)[O-])ccc1Cl. The lowest BCUT2D eigenvalue weighted by Gasteiger charge is -2.22. The van der Waals surface area contributed by atoms with Gasteiger partial charge in [0.25, 0.3) is 11.6 Å². The minimum atomic E-state index is -0.552. The summed E-state index contributed by atoms with van der Waals surface area (Å²) < 4.78 is 0. The second kappa shape index (κ2) is 6.02. The first-order valence-corrected chi connectivity index (χ1v) is 6.37. The van der Waals surface area contributed by atoms with E-state index in [2.05, 4.69) is 5.32 Å². The van der Waals surface area contributed by atoms with Crippen molar-refractivity contribution < 1.29 is 9.72 Å². The molecular weight excluding hydrogens is 268 g/mol. The normalized spacial score (nSPS) is 11.2. The standard InChI is InChI=1S/C13H17ClN2O3/c1-4-13(2,3)8-15-12(17)10-7-9(16(18)19)5-6-11(10)14/h5-7H,4,8H2,1-3H3,(H,15,17). The molecule has 0 bridgehead atoms. The van der Waals surface area contributed by atoms with Crippen LogP contribution in [-0.4, -0.2) is 17.4 Å². The van der Waals surface area contributed by atoms with Gasteiger partial charge in [-0.15, -0.1) is 0 Å². The molecule has 0 spiro atoms. The van der Waals surface area contributed by atoms with E-state index in [4.69, 9.17) is 11.6 Å². The summed E-state index contributed by atoms with van der Waals surface area (Å²) in [7, 11) is 0. The first kappa shape index (κ1) is 15.4. The molecule has 1 amide bonds. The second-order valence-corrected chi connectivity index (χ2v) is 5.53. The zero-order chi connectivity index (χ0) is 14.6. The number of hydrogen-bond donors (Lipinski definition) is 1. The van der Waals surface area contributed by atoms with Gasteiger partial charge in [-0.25, -0.2) is 0 Å². The lowest BCUT2D eigenvalue weighted by atomic mass is 9.90. The van der Waals surface area contributed by atoms with E-state index in [1.165, 1.54) is 18.2 Å². The molecule has 19 heavy (non-hydrogen) atoms. The summed E-state index contributed by atoms with van der Waals surface area (Å²) in [5.74, 6) is -0.393. The first-order chi connectivity index (χ1) is 8.76. The predicted molar refractivity (Wildman–Crippen MR) is 74.5 cm³/mol. The van der Waals surface area contributed by atoms with Gasteiger partial charge in [0.1, 0.15) is 0 Å². The summed E-state index contributed by atoms with van der Waals surface area (Å²) in [6.07, 6.45) is 0.913. The number of amides is 1. The maximum absolute atomic E-state index is 12.0. The van der Waals surface area contributed by atoms with Gasteiger partial charge in [-0.1, -0.05) is 32.4 Å². The predicted octanol–water partition coefficient (Wildman–Crippen LogP) is 3.41. The molecule has 6 heteroatoms. The van der Waals surface area contributed by atoms with Gasteiger partial charge in [0.05, 0.1) is 15.5 Å². The number of halogens is 1. The van der Waals surface area contributed by atoms with Crippen LogP contribution < -0.4 is 5.32 Å². The summed E-state index contributed by atoms with van der Waals surface area (Å²) in [6, 6.07) is 3.82. The number of nitrogens with zero attached hydrogens (tertiary/aromatic N) is 1. The Balaban J connectivity index is 2.88. The highest BCUT2D eigenvalue weighted by atomic mass is 35.5. The topological polar surface area (TPSA) is 72.2 Å². The molecule has 0 saturated heterocycles. The molecule has 1 aromatic carbocycles. The smallest absolute Gasteiger partial charge is 0.270 e. The fourth-order valence-electron chi connectivity index (χ4n) is 1.34. The number of carbonyl (C=O) groups is 1. The molecule has 0 aliphatic rings. The van der Waals surface area contributed by atoms with Crippen LogP contribution >= 0.6 is 11.6 Å². The minimum Gasteiger partial charge on any atom is -0.351 e. The maximum atomic E-state index is 12.0. The second-order valence-electron chi connectivity index (χ2n) is 5.12. The van der Waals surface area contributed by atoms with Gasteiger partial charge >= 0.3 is 0 Å². The van der Waals surface area contributed by atoms with Crippen LogP contribution in [0.15, 0.2) is 18.2 Å². The average molecular weight is 285 g/mol. The highest BCUT2D eigenvalue weighted by Crippen LogP contribution is 2.23. The quantitative estimate of drug-likeness (QED) is 0.665. The molecule has 0 aliphatic carbocycles. The number of nitro benzene ring substituents is 1. The monoisotopic (exact) mass is 284 g/mol. The molecule has 1 aromatic rings. The van der Waals surface area contributed by atoms with Gasteiger partial charge in [-0.3, -0.25) is 14.9 Å². The highest BCUT2D eigenvalue weighted by molar-refractivity contribution is 6.33. The molecule has 1 rings (SSSR count). The van der Waals surface area contributed by atoms with Gasteiger partial charge in [0, 0.05) is 18.7 Å². The molecule has 0 radical (unpaired) electrons. The van der Waals surface area contributed by atoms with E-state index in [1.807, 2.05) is 20.8 Å². The zero-order valence-electron chi connectivity index (χ0n) is 11.2. The number of non-ortho nitro benzene ring substituents is 1. The molecule has 5 nitrogen and oxygen atoms in total. The van der Waals surface area contributed by atoms with Gasteiger partial charge in [-0.2, -0.15) is 0 Å². The van der Waals surface area contributed by atoms with Gasteiger partial charge in [0.15, 0.2) is 0 Å². The van der Waals surface area contributed by atoms with Gasteiger partial charge in [-0.05, 0) is 17.9 Å². The summed E-state index contributed by atoms with van der Waals surface area (Å²) >= 11 is 5.90. The Morgan fingerprint density at radius 2 is 2.11 bits per heavy atom. The number of hydrogen-bond acceptors (Lipinski definition) is 3. The number of benzene rings is 1. The third kappa shape index (κ3) is 4.21.